The minimum atomic E-state index is -1.04. The summed E-state index contributed by atoms with van der Waals surface area (Å²) in [6.45, 7) is -0.363. The van der Waals surface area contributed by atoms with E-state index in [9.17, 15) is 9.59 Å². The van der Waals surface area contributed by atoms with Crippen molar-refractivity contribution < 1.29 is 14.7 Å². The summed E-state index contributed by atoms with van der Waals surface area (Å²) in [5.74, 6) is -1.11. The molecule has 1 aliphatic heterocycles. The molecule has 0 saturated heterocycles. The molecule has 1 fully saturated rings. The first-order valence-corrected chi connectivity index (χ1v) is 5.84. The van der Waals surface area contributed by atoms with Gasteiger partial charge in [-0.15, -0.1) is 0 Å². The van der Waals surface area contributed by atoms with Crippen molar-refractivity contribution in [1.29, 1.82) is 0 Å². The molecule has 1 saturated carbocycles. The lowest BCUT2D eigenvalue weighted by atomic mass is 10.0. The van der Waals surface area contributed by atoms with E-state index in [4.69, 9.17) is 5.11 Å². The smallest absolute Gasteiger partial charge is 0.325 e. The van der Waals surface area contributed by atoms with Crippen LogP contribution < -0.4 is 0 Å². The molecule has 1 heterocycles. The molecule has 1 amide bonds. The number of carboxylic acid groups (broad SMARTS) is 1. The summed E-state index contributed by atoms with van der Waals surface area (Å²) >= 11 is 0. The van der Waals surface area contributed by atoms with Crippen LogP contribution in [0.1, 0.15) is 12.0 Å². The molecule has 2 aliphatic rings. The summed E-state index contributed by atoms with van der Waals surface area (Å²) in [5.41, 5.74) is 1.80. The van der Waals surface area contributed by atoms with E-state index >= 15 is 0 Å². The van der Waals surface area contributed by atoms with E-state index in [1.165, 1.54) is 0 Å². The zero-order valence-electron chi connectivity index (χ0n) is 9.61. The van der Waals surface area contributed by atoms with Gasteiger partial charge in [-0.1, -0.05) is 30.3 Å². The van der Waals surface area contributed by atoms with E-state index in [0.29, 0.717) is 0 Å². The molecule has 1 aromatic carbocycles. The van der Waals surface area contributed by atoms with E-state index < -0.39 is 5.97 Å². The standard InChI is InChI=1S/C13H12N2O3/c16-11(17)7-15-13(18)10-6-9(10)12(14-15)8-4-2-1-3-5-8/h1-5,9-10H,6-7H2,(H,16,17). The predicted molar refractivity (Wildman–Crippen MR) is 63.9 cm³/mol. The highest BCUT2D eigenvalue weighted by Gasteiger charge is 2.51. The predicted octanol–water partition coefficient (Wildman–Crippen LogP) is 0.954. The molecule has 1 aliphatic carbocycles. The van der Waals surface area contributed by atoms with Crippen LogP contribution in [0.15, 0.2) is 35.4 Å². The molecule has 0 spiro atoms. The van der Waals surface area contributed by atoms with Crippen molar-refractivity contribution in [3.63, 3.8) is 0 Å². The van der Waals surface area contributed by atoms with Crippen LogP contribution >= 0.6 is 0 Å². The molecule has 2 atom stereocenters. The van der Waals surface area contributed by atoms with Gasteiger partial charge in [-0.25, -0.2) is 5.01 Å². The number of hydrogen-bond donors (Lipinski definition) is 1. The Kier molecular flexibility index (Phi) is 2.40. The molecule has 2 unspecified atom stereocenters. The molecule has 0 aromatic heterocycles. The van der Waals surface area contributed by atoms with Gasteiger partial charge in [0.2, 0.25) is 5.91 Å². The maximum absolute atomic E-state index is 11.8. The monoisotopic (exact) mass is 244 g/mol. The highest BCUT2D eigenvalue weighted by molar-refractivity contribution is 6.09. The van der Waals surface area contributed by atoms with Gasteiger partial charge in [0.15, 0.2) is 0 Å². The molecule has 92 valence electrons. The molecule has 1 N–H and O–H groups in total. The van der Waals surface area contributed by atoms with Gasteiger partial charge in [0, 0.05) is 11.8 Å². The maximum Gasteiger partial charge on any atom is 0.325 e. The highest BCUT2D eigenvalue weighted by atomic mass is 16.4. The SMILES string of the molecule is O=C(O)CN1N=C(c2ccccc2)C2CC2C1=O. The van der Waals surface area contributed by atoms with Gasteiger partial charge in [0.05, 0.1) is 5.71 Å². The van der Waals surface area contributed by atoms with Gasteiger partial charge in [0.1, 0.15) is 6.54 Å². The summed E-state index contributed by atoms with van der Waals surface area (Å²) in [5, 5.41) is 14.1. The number of amides is 1. The summed E-state index contributed by atoms with van der Waals surface area (Å²) in [4.78, 5) is 22.5. The van der Waals surface area contributed by atoms with Crippen molar-refractivity contribution in [3.05, 3.63) is 35.9 Å². The lowest BCUT2D eigenvalue weighted by molar-refractivity contribution is -0.145. The Morgan fingerprint density at radius 3 is 2.72 bits per heavy atom. The number of nitrogens with zero attached hydrogens (tertiary/aromatic N) is 2. The van der Waals surface area contributed by atoms with E-state index in [1.54, 1.807) is 0 Å². The Labute approximate surface area is 104 Å². The fraction of sp³-hybridized carbons (Fsp3) is 0.308. The van der Waals surface area contributed by atoms with E-state index in [2.05, 4.69) is 5.10 Å². The minimum Gasteiger partial charge on any atom is -0.480 e. The van der Waals surface area contributed by atoms with Gasteiger partial charge >= 0.3 is 5.97 Å². The normalized spacial score (nSPS) is 25.4. The number of carboxylic acids is 1. The van der Waals surface area contributed by atoms with Crippen molar-refractivity contribution in [3.8, 4) is 0 Å². The molecule has 3 rings (SSSR count). The van der Waals surface area contributed by atoms with Gasteiger partial charge in [-0.3, -0.25) is 9.59 Å². The van der Waals surface area contributed by atoms with Gasteiger partial charge in [-0.2, -0.15) is 5.10 Å². The second kappa shape index (κ2) is 3.94. The van der Waals surface area contributed by atoms with Crippen LogP contribution in [-0.2, 0) is 9.59 Å². The number of carbonyl (C=O) groups excluding carboxylic acids is 1. The maximum atomic E-state index is 11.8. The minimum absolute atomic E-state index is 0.0722. The van der Waals surface area contributed by atoms with Crippen LogP contribution in [0.5, 0.6) is 0 Å². The molecule has 18 heavy (non-hydrogen) atoms. The van der Waals surface area contributed by atoms with E-state index in [1.807, 2.05) is 30.3 Å². The first-order chi connectivity index (χ1) is 8.66. The Morgan fingerprint density at radius 1 is 1.33 bits per heavy atom. The molecule has 5 nitrogen and oxygen atoms in total. The van der Waals surface area contributed by atoms with Crippen LogP contribution in [0.2, 0.25) is 0 Å². The van der Waals surface area contributed by atoms with Crippen LogP contribution in [-0.4, -0.2) is 34.2 Å². The number of rotatable bonds is 3. The van der Waals surface area contributed by atoms with Crippen molar-refractivity contribution >= 4 is 17.6 Å². The number of hydrogen-bond acceptors (Lipinski definition) is 3. The number of hydrazone groups is 1. The van der Waals surface area contributed by atoms with Crippen molar-refractivity contribution in [2.75, 3.05) is 6.54 Å². The Balaban J connectivity index is 1.94. The summed E-state index contributed by atoms with van der Waals surface area (Å²) in [6.07, 6.45) is 0.780. The fourth-order valence-electron chi connectivity index (χ4n) is 2.34. The Morgan fingerprint density at radius 2 is 2.06 bits per heavy atom. The zero-order chi connectivity index (χ0) is 12.7. The lowest BCUT2D eigenvalue weighted by Crippen LogP contribution is -2.37. The highest BCUT2D eigenvalue weighted by Crippen LogP contribution is 2.45. The van der Waals surface area contributed by atoms with E-state index in [-0.39, 0.29) is 24.3 Å². The molecule has 5 heteroatoms. The summed E-state index contributed by atoms with van der Waals surface area (Å²) in [7, 11) is 0. The molecule has 0 bridgehead atoms. The lowest BCUT2D eigenvalue weighted by Gasteiger charge is -2.21. The van der Waals surface area contributed by atoms with Gasteiger partial charge in [-0.05, 0) is 12.0 Å². The molecule has 1 aromatic rings. The van der Waals surface area contributed by atoms with Crippen LogP contribution in [0.3, 0.4) is 0 Å². The number of aliphatic carboxylic acids is 1. The number of carbonyl (C=O) groups is 2. The van der Waals surface area contributed by atoms with Crippen molar-refractivity contribution in [2.45, 2.75) is 6.42 Å². The molecular weight excluding hydrogens is 232 g/mol. The molecule has 0 radical (unpaired) electrons. The first-order valence-electron chi connectivity index (χ1n) is 5.84. The second-order valence-corrected chi connectivity index (χ2v) is 4.59. The third kappa shape index (κ3) is 1.77. The Bertz CT molecular complexity index is 538. The largest absolute Gasteiger partial charge is 0.480 e. The zero-order valence-corrected chi connectivity index (χ0v) is 9.61. The first kappa shape index (κ1) is 11.0. The third-order valence-electron chi connectivity index (χ3n) is 3.30. The number of fused-ring (bicyclic) bond motifs is 1. The summed E-state index contributed by atoms with van der Waals surface area (Å²) < 4.78 is 0. The van der Waals surface area contributed by atoms with Crippen LogP contribution in [0.4, 0.5) is 0 Å². The van der Waals surface area contributed by atoms with Crippen LogP contribution in [0, 0.1) is 11.8 Å². The van der Waals surface area contributed by atoms with E-state index in [0.717, 1.165) is 22.7 Å². The number of benzene rings is 1. The average Bonchev–Trinajstić information content (AvgIpc) is 3.14. The van der Waals surface area contributed by atoms with Gasteiger partial charge in [0.25, 0.3) is 0 Å². The topological polar surface area (TPSA) is 70.0 Å². The average molecular weight is 244 g/mol. The van der Waals surface area contributed by atoms with Gasteiger partial charge < -0.3 is 5.11 Å². The third-order valence-corrected chi connectivity index (χ3v) is 3.30. The van der Waals surface area contributed by atoms with Crippen LogP contribution in [0.25, 0.3) is 0 Å². The van der Waals surface area contributed by atoms with Crippen molar-refractivity contribution in [2.24, 2.45) is 16.9 Å². The fourth-order valence-corrected chi connectivity index (χ4v) is 2.34. The Hall–Kier alpha value is -2.17. The van der Waals surface area contributed by atoms with Crippen molar-refractivity contribution in [1.82, 2.24) is 5.01 Å². The second-order valence-electron chi connectivity index (χ2n) is 4.59. The molecular formula is C13H12N2O3. The quantitative estimate of drug-likeness (QED) is 0.860. The summed E-state index contributed by atoms with van der Waals surface area (Å²) in [6, 6.07) is 9.60.